The largest absolute Gasteiger partial charge is 0.478 e. The van der Waals surface area contributed by atoms with Crippen molar-refractivity contribution in [3.8, 4) is 0 Å². The molecule has 2 nitrogen and oxygen atoms in total. The molecule has 0 aromatic heterocycles. The Hall–Kier alpha value is -1.31. The van der Waals surface area contributed by atoms with Crippen LogP contribution in [0.1, 0.15) is 51.9 Å². The van der Waals surface area contributed by atoms with Gasteiger partial charge in [0.15, 0.2) is 0 Å². The van der Waals surface area contributed by atoms with E-state index in [4.69, 9.17) is 5.11 Å². The fourth-order valence-electron chi connectivity index (χ4n) is 0.581. The van der Waals surface area contributed by atoms with Crippen LogP contribution in [0.5, 0.6) is 0 Å². The van der Waals surface area contributed by atoms with E-state index in [-0.39, 0.29) is 0 Å². The Morgan fingerprint density at radius 3 is 1.40 bits per heavy atom. The van der Waals surface area contributed by atoms with Crippen LogP contribution in [0, 0.1) is 0 Å². The van der Waals surface area contributed by atoms with Crippen molar-refractivity contribution in [2.24, 2.45) is 0 Å². The third kappa shape index (κ3) is 12.7. The minimum Gasteiger partial charge on any atom is -0.478 e. The quantitative estimate of drug-likeness (QED) is 0.746. The van der Waals surface area contributed by atoms with Crippen molar-refractivity contribution >= 4 is 5.97 Å². The lowest BCUT2D eigenvalue weighted by molar-refractivity contribution is 0.0697. The molecule has 0 saturated carbocycles. The fraction of sp³-hybridized carbons (Fsp3) is 0.462. The molecule has 0 amide bonds. The van der Waals surface area contributed by atoms with Crippen molar-refractivity contribution in [1.82, 2.24) is 0 Å². The first kappa shape index (κ1) is 19.3. The van der Waals surface area contributed by atoms with Gasteiger partial charge >= 0.3 is 5.97 Å². The van der Waals surface area contributed by atoms with Crippen LogP contribution in [0.2, 0.25) is 0 Å². The molecule has 0 atom stereocenters. The van der Waals surface area contributed by atoms with Crippen molar-refractivity contribution in [3.63, 3.8) is 0 Å². The number of carbonyl (C=O) groups is 1. The van der Waals surface area contributed by atoms with Crippen LogP contribution in [0.4, 0.5) is 0 Å². The van der Waals surface area contributed by atoms with E-state index in [0.29, 0.717) is 5.56 Å². The zero-order chi connectivity index (χ0) is 12.7. The molecule has 0 aliphatic rings. The van der Waals surface area contributed by atoms with E-state index in [1.165, 1.54) is 0 Å². The summed E-state index contributed by atoms with van der Waals surface area (Å²) in [4.78, 5) is 10.2. The van der Waals surface area contributed by atoms with E-state index in [0.717, 1.165) is 0 Å². The number of rotatable bonds is 1. The van der Waals surface area contributed by atoms with Gasteiger partial charge in [0.05, 0.1) is 5.56 Å². The first-order chi connectivity index (χ1) is 7.30. The molecule has 0 aliphatic carbocycles. The van der Waals surface area contributed by atoms with Gasteiger partial charge in [0.2, 0.25) is 0 Å². The minimum absolute atomic E-state index is 0.331. The molecular formula is C13H24O2. The van der Waals surface area contributed by atoms with Crippen LogP contribution in [-0.2, 0) is 0 Å². The highest BCUT2D eigenvalue weighted by molar-refractivity contribution is 5.87. The first-order valence-electron chi connectivity index (χ1n) is 5.59. The maximum Gasteiger partial charge on any atom is 0.335 e. The van der Waals surface area contributed by atoms with Crippen LogP contribution in [0.3, 0.4) is 0 Å². The molecule has 0 spiro atoms. The molecule has 0 bridgehead atoms. The predicted octanol–water partition coefficient (Wildman–Crippen LogP) is 4.46. The zero-order valence-corrected chi connectivity index (χ0v) is 10.7. The van der Waals surface area contributed by atoms with Gasteiger partial charge in [-0.05, 0) is 12.1 Å². The van der Waals surface area contributed by atoms with Gasteiger partial charge in [0.25, 0.3) is 0 Å². The molecule has 1 aromatic rings. The average molecular weight is 212 g/mol. The molecule has 0 radical (unpaired) electrons. The van der Waals surface area contributed by atoms with Crippen LogP contribution in [0.25, 0.3) is 0 Å². The summed E-state index contributed by atoms with van der Waals surface area (Å²) < 4.78 is 0. The Labute approximate surface area is 94.0 Å². The smallest absolute Gasteiger partial charge is 0.335 e. The minimum atomic E-state index is -0.879. The highest BCUT2D eigenvalue weighted by Crippen LogP contribution is 1.96. The molecule has 1 N–H and O–H groups in total. The Morgan fingerprint density at radius 2 is 1.20 bits per heavy atom. The van der Waals surface area contributed by atoms with Crippen LogP contribution < -0.4 is 0 Å². The second kappa shape index (κ2) is 18.5. The van der Waals surface area contributed by atoms with Gasteiger partial charge in [0, 0.05) is 0 Å². The predicted molar refractivity (Wildman–Crippen MR) is 67.4 cm³/mol. The molecule has 1 aromatic carbocycles. The summed E-state index contributed by atoms with van der Waals surface area (Å²) >= 11 is 0. The van der Waals surface area contributed by atoms with Crippen molar-refractivity contribution in [1.29, 1.82) is 0 Å². The van der Waals surface area contributed by atoms with E-state index < -0.39 is 5.97 Å². The van der Waals surface area contributed by atoms with Crippen molar-refractivity contribution < 1.29 is 9.90 Å². The monoisotopic (exact) mass is 212 g/mol. The maximum atomic E-state index is 10.2. The lowest BCUT2D eigenvalue weighted by Crippen LogP contribution is -1.93. The molecule has 0 saturated heterocycles. The number of benzene rings is 1. The molecule has 0 aliphatic heterocycles. The van der Waals surface area contributed by atoms with E-state index in [1.54, 1.807) is 30.3 Å². The number of aromatic carboxylic acids is 1. The summed E-state index contributed by atoms with van der Waals surface area (Å²) in [7, 11) is 0. The SMILES string of the molecule is CC.CC.CC.O=C(O)c1ccccc1. The summed E-state index contributed by atoms with van der Waals surface area (Å²) in [6, 6.07) is 8.30. The summed E-state index contributed by atoms with van der Waals surface area (Å²) in [6.07, 6.45) is 0. The van der Waals surface area contributed by atoms with Crippen molar-refractivity contribution in [3.05, 3.63) is 35.9 Å². The number of hydrogen-bond donors (Lipinski definition) is 1. The Morgan fingerprint density at radius 1 is 0.867 bits per heavy atom. The normalized spacial score (nSPS) is 6.53. The van der Waals surface area contributed by atoms with Crippen molar-refractivity contribution in [2.45, 2.75) is 41.5 Å². The zero-order valence-electron chi connectivity index (χ0n) is 10.7. The van der Waals surface area contributed by atoms with Crippen molar-refractivity contribution in [2.75, 3.05) is 0 Å². The van der Waals surface area contributed by atoms with E-state index in [1.807, 2.05) is 41.5 Å². The Kier molecular flexibility index (Phi) is 23.8. The fourth-order valence-corrected chi connectivity index (χ4v) is 0.581. The average Bonchev–Trinajstić information content (AvgIpc) is 2.38. The Balaban J connectivity index is -0.000000208. The maximum absolute atomic E-state index is 10.2. The lowest BCUT2D eigenvalue weighted by Gasteiger charge is -1.88. The van der Waals surface area contributed by atoms with Gasteiger partial charge in [-0.2, -0.15) is 0 Å². The van der Waals surface area contributed by atoms with Gasteiger partial charge in [-0.15, -0.1) is 0 Å². The van der Waals surface area contributed by atoms with Gasteiger partial charge in [-0.3, -0.25) is 0 Å². The first-order valence-corrected chi connectivity index (χ1v) is 5.59. The van der Waals surface area contributed by atoms with Crippen LogP contribution in [0.15, 0.2) is 30.3 Å². The molecule has 2 heteroatoms. The van der Waals surface area contributed by atoms with Gasteiger partial charge < -0.3 is 5.11 Å². The lowest BCUT2D eigenvalue weighted by atomic mass is 10.2. The second-order valence-electron chi connectivity index (χ2n) is 1.67. The molecule has 88 valence electrons. The number of carboxylic acid groups (broad SMARTS) is 1. The van der Waals surface area contributed by atoms with Crippen LogP contribution in [-0.4, -0.2) is 11.1 Å². The number of hydrogen-bond acceptors (Lipinski definition) is 1. The molecule has 15 heavy (non-hydrogen) atoms. The second-order valence-corrected chi connectivity index (χ2v) is 1.67. The Bertz CT molecular complexity index is 205. The summed E-state index contributed by atoms with van der Waals surface area (Å²) in [5, 5.41) is 8.38. The third-order valence-electron chi connectivity index (χ3n) is 1.02. The molecular weight excluding hydrogens is 188 g/mol. The molecule has 1 rings (SSSR count). The summed E-state index contributed by atoms with van der Waals surface area (Å²) in [5.74, 6) is -0.879. The van der Waals surface area contributed by atoms with E-state index >= 15 is 0 Å². The van der Waals surface area contributed by atoms with Gasteiger partial charge in [0.1, 0.15) is 0 Å². The molecule has 0 heterocycles. The molecule has 0 unspecified atom stereocenters. The summed E-state index contributed by atoms with van der Waals surface area (Å²) in [5.41, 5.74) is 0.331. The van der Waals surface area contributed by atoms with E-state index in [9.17, 15) is 4.79 Å². The topological polar surface area (TPSA) is 37.3 Å². The highest BCUT2D eigenvalue weighted by Gasteiger charge is 1.96. The highest BCUT2D eigenvalue weighted by atomic mass is 16.4. The van der Waals surface area contributed by atoms with E-state index in [2.05, 4.69) is 0 Å². The standard InChI is InChI=1S/C7H6O2.3C2H6/c8-7(9)6-4-2-1-3-5-6;3*1-2/h1-5H,(H,8,9);3*1-2H3. The molecule has 0 fully saturated rings. The third-order valence-corrected chi connectivity index (χ3v) is 1.02. The summed E-state index contributed by atoms with van der Waals surface area (Å²) in [6.45, 7) is 12.0. The van der Waals surface area contributed by atoms with Crippen LogP contribution >= 0.6 is 0 Å². The van der Waals surface area contributed by atoms with Gasteiger partial charge in [-0.25, -0.2) is 4.79 Å². The van der Waals surface area contributed by atoms with Gasteiger partial charge in [-0.1, -0.05) is 59.7 Å². The number of carboxylic acids is 1.